The van der Waals surface area contributed by atoms with E-state index in [1.54, 1.807) is 121 Å². The normalized spacial score (nSPS) is 20.6. The van der Waals surface area contributed by atoms with Gasteiger partial charge in [0, 0.05) is 4.75 Å². The summed E-state index contributed by atoms with van der Waals surface area (Å²) in [6, 6.07) is 33.3. The zero-order chi connectivity index (χ0) is 34.1. The second kappa shape index (κ2) is 15.8. The Morgan fingerprint density at radius 1 is 0.542 bits per heavy atom. The van der Waals surface area contributed by atoms with Gasteiger partial charge in [-0.1, -0.05) is 93.6 Å². The lowest BCUT2D eigenvalue weighted by Gasteiger charge is -2.45. The Balaban J connectivity index is 1.56. The van der Waals surface area contributed by atoms with Crippen LogP contribution in [0.15, 0.2) is 121 Å². The molecule has 5 rings (SSSR count). The van der Waals surface area contributed by atoms with Gasteiger partial charge in [-0.05, 0) is 48.5 Å². The predicted octanol–water partition coefficient (Wildman–Crippen LogP) is 6.78. The number of ether oxygens (including phenoxy) is 5. The van der Waals surface area contributed by atoms with Gasteiger partial charge in [0.25, 0.3) is 0 Å². The van der Waals surface area contributed by atoms with Gasteiger partial charge in [0.2, 0.25) is 0 Å². The van der Waals surface area contributed by atoms with Crippen LogP contribution >= 0.6 is 11.8 Å². The quantitative estimate of drug-likeness (QED) is 0.132. The van der Waals surface area contributed by atoms with Crippen LogP contribution in [0.5, 0.6) is 0 Å². The molecule has 5 unspecified atom stereocenters. The first kappa shape index (κ1) is 34.4. The molecule has 0 radical (unpaired) electrons. The second-order valence-electron chi connectivity index (χ2n) is 11.9. The average molecular weight is 669 g/mol. The molecule has 5 atom stereocenters. The van der Waals surface area contributed by atoms with Gasteiger partial charge in [-0.25, -0.2) is 19.2 Å². The number of hydrogen-bond acceptors (Lipinski definition) is 10. The summed E-state index contributed by atoms with van der Waals surface area (Å²) in [5.41, 5.74) is 0.112. The van der Waals surface area contributed by atoms with Gasteiger partial charge in [-0.15, -0.1) is 11.8 Å². The summed E-state index contributed by atoms with van der Waals surface area (Å²) in [6.45, 7) is 5.50. The first-order chi connectivity index (χ1) is 23.1. The molecule has 0 N–H and O–H groups in total. The average Bonchev–Trinajstić information content (AvgIpc) is 3.10. The highest BCUT2D eigenvalue weighted by Crippen LogP contribution is 2.40. The van der Waals surface area contributed by atoms with Crippen LogP contribution in [0.25, 0.3) is 0 Å². The number of rotatable bonds is 10. The zero-order valence-corrected chi connectivity index (χ0v) is 27.5. The van der Waals surface area contributed by atoms with Gasteiger partial charge in [-0.3, -0.25) is 0 Å². The number of hydrogen-bond donors (Lipinski definition) is 0. The maximum absolute atomic E-state index is 13.6. The van der Waals surface area contributed by atoms with E-state index in [1.807, 2.05) is 20.8 Å². The molecule has 4 aromatic rings. The van der Waals surface area contributed by atoms with Crippen LogP contribution in [0.3, 0.4) is 0 Å². The molecule has 1 saturated heterocycles. The van der Waals surface area contributed by atoms with Crippen LogP contribution < -0.4 is 0 Å². The van der Waals surface area contributed by atoms with E-state index in [-0.39, 0.29) is 23.3 Å². The first-order valence-corrected chi connectivity index (χ1v) is 16.3. The van der Waals surface area contributed by atoms with Crippen LogP contribution in [-0.4, -0.2) is 65.1 Å². The van der Waals surface area contributed by atoms with E-state index in [4.69, 9.17) is 23.7 Å². The molecule has 10 heteroatoms. The molecule has 4 aromatic carbocycles. The van der Waals surface area contributed by atoms with E-state index in [1.165, 1.54) is 11.8 Å². The molecular weight excluding hydrogens is 632 g/mol. The Hall–Kier alpha value is -4.93. The van der Waals surface area contributed by atoms with E-state index in [0.29, 0.717) is 5.56 Å². The molecule has 0 saturated carbocycles. The molecule has 1 aliphatic rings. The SMILES string of the molecule is CC(C)(C)SC1OC(COC(=O)c2ccccc2)C(OC(=O)c2ccccc2)C(OC(=O)c2ccccc2)C1OC(=O)c1ccccc1. The number of thioether (sulfide) groups is 1. The monoisotopic (exact) mass is 668 g/mol. The minimum Gasteiger partial charge on any atom is -0.459 e. The lowest BCUT2D eigenvalue weighted by molar-refractivity contribution is -0.207. The van der Waals surface area contributed by atoms with E-state index < -0.39 is 58.5 Å². The van der Waals surface area contributed by atoms with Crippen LogP contribution in [0.2, 0.25) is 0 Å². The highest BCUT2D eigenvalue weighted by Gasteiger charge is 2.54. The summed E-state index contributed by atoms with van der Waals surface area (Å²) >= 11 is 1.33. The number of esters is 4. The topological polar surface area (TPSA) is 114 Å². The Morgan fingerprint density at radius 2 is 0.896 bits per heavy atom. The smallest absolute Gasteiger partial charge is 0.338 e. The largest absolute Gasteiger partial charge is 0.459 e. The molecule has 48 heavy (non-hydrogen) atoms. The van der Waals surface area contributed by atoms with Crippen molar-refractivity contribution in [1.82, 2.24) is 0 Å². The van der Waals surface area contributed by atoms with Crippen molar-refractivity contribution in [3.05, 3.63) is 144 Å². The third kappa shape index (κ3) is 9.11. The van der Waals surface area contributed by atoms with Crippen LogP contribution in [0.1, 0.15) is 62.2 Å². The standard InChI is InChI=1S/C38H36O9S/c1-38(2,3)48-37-32(47-36(42)28-22-14-7-15-23-28)31(46-35(41)27-20-12-6-13-21-27)30(45-34(40)26-18-10-5-11-19-26)29(44-37)24-43-33(39)25-16-8-4-9-17-25/h4-23,29-32,37H,24H2,1-3H3. The molecule has 1 aliphatic heterocycles. The van der Waals surface area contributed by atoms with Crippen molar-refractivity contribution in [2.24, 2.45) is 0 Å². The lowest BCUT2D eigenvalue weighted by atomic mass is 9.98. The fraction of sp³-hybridized carbons (Fsp3) is 0.263. The van der Waals surface area contributed by atoms with Crippen molar-refractivity contribution in [2.75, 3.05) is 6.61 Å². The van der Waals surface area contributed by atoms with E-state index in [2.05, 4.69) is 0 Å². The van der Waals surface area contributed by atoms with E-state index in [9.17, 15) is 19.2 Å². The fourth-order valence-corrected chi connectivity index (χ4v) is 6.21. The lowest BCUT2D eigenvalue weighted by Crippen LogP contribution is -2.62. The maximum Gasteiger partial charge on any atom is 0.338 e. The highest BCUT2D eigenvalue weighted by atomic mass is 32.2. The second-order valence-corrected chi connectivity index (χ2v) is 13.9. The Kier molecular flexibility index (Phi) is 11.3. The third-order valence-corrected chi connectivity index (χ3v) is 8.53. The molecule has 0 aliphatic carbocycles. The first-order valence-electron chi connectivity index (χ1n) is 15.4. The maximum atomic E-state index is 13.6. The summed E-state index contributed by atoms with van der Waals surface area (Å²) in [4.78, 5) is 53.7. The molecule has 1 heterocycles. The van der Waals surface area contributed by atoms with Crippen LogP contribution in [0.4, 0.5) is 0 Å². The van der Waals surface area contributed by atoms with Crippen LogP contribution in [-0.2, 0) is 23.7 Å². The number of benzene rings is 4. The molecule has 9 nitrogen and oxygen atoms in total. The van der Waals surface area contributed by atoms with Crippen molar-refractivity contribution in [1.29, 1.82) is 0 Å². The Bertz CT molecular complexity index is 1680. The van der Waals surface area contributed by atoms with Crippen molar-refractivity contribution in [2.45, 2.75) is 55.4 Å². The minimum atomic E-state index is -1.37. The molecule has 1 fully saturated rings. The van der Waals surface area contributed by atoms with Gasteiger partial charge in [0.15, 0.2) is 18.3 Å². The molecule has 0 bridgehead atoms. The third-order valence-electron chi connectivity index (χ3n) is 7.21. The van der Waals surface area contributed by atoms with Gasteiger partial charge in [0.05, 0.1) is 22.3 Å². The summed E-state index contributed by atoms with van der Waals surface area (Å²) < 4.78 is 30.0. The molecule has 248 valence electrons. The summed E-state index contributed by atoms with van der Waals surface area (Å²) in [6.07, 6.45) is -5.10. The zero-order valence-electron chi connectivity index (χ0n) is 26.7. The molecular formula is C38H36O9S. The number of carbonyl (C=O) groups excluding carboxylic acids is 4. The summed E-state index contributed by atoms with van der Waals surface area (Å²) in [7, 11) is 0. The minimum absolute atomic E-state index is 0.231. The van der Waals surface area contributed by atoms with Gasteiger partial charge >= 0.3 is 23.9 Å². The van der Waals surface area contributed by atoms with Crippen molar-refractivity contribution in [3.63, 3.8) is 0 Å². The number of carbonyl (C=O) groups is 4. The summed E-state index contributed by atoms with van der Waals surface area (Å²) in [5.74, 6) is -2.78. The molecule has 0 spiro atoms. The van der Waals surface area contributed by atoms with Crippen molar-refractivity contribution >= 4 is 35.6 Å². The molecule has 0 amide bonds. The summed E-state index contributed by atoms with van der Waals surface area (Å²) in [5, 5.41) is 0. The highest BCUT2D eigenvalue weighted by molar-refractivity contribution is 8.01. The van der Waals surface area contributed by atoms with Crippen LogP contribution in [0, 0.1) is 0 Å². The van der Waals surface area contributed by atoms with Gasteiger partial charge < -0.3 is 23.7 Å². The van der Waals surface area contributed by atoms with E-state index in [0.717, 1.165) is 0 Å². The van der Waals surface area contributed by atoms with Gasteiger partial charge in [-0.2, -0.15) is 0 Å². The van der Waals surface area contributed by atoms with Crippen molar-refractivity contribution < 1.29 is 42.9 Å². The van der Waals surface area contributed by atoms with E-state index >= 15 is 0 Å². The fourth-order valence-electron chi connectivity index (χ4n) is 4.97. The molecule has 0 aromatic heterocycles. The predicted molar refractivity (Wildman–Crippen MR) is 180 cm³/mol. The Labute approximate surface area is 283 Å². The van der Waals surface area contributed by atoms with Crippen molar-refractivity contribution in [3.8, 4) is 0 Å². The van der Waals surface area contributed by atoms with Gasteiger partial charge in [0.1, 0.15) is 18.1 Å². The Morgan fingerprint density at radius 3 is 1.29 bits per heavy atom.